The predicted octanol–water partition coefficient (Wildman–Crippen LogP) is 3.80. The topological polar surface area (TPSA) is 17.1 Å². The molecule has 0 spiro atoms. The summed E-state index contributed by atoms with van der Waals surface area (Å²) in [6.07, 6.45) is 2.16. The van der Waals surface area contributed by atoms with Crippen LogP contribution in [0.2, 0.25) is 0 Å². The summed E-state index contributed by atoms with van der Waals surface area (Å²) in [5.41, 5.74) is 1.63. The van der Waals surface area contributed by atoms with Gasteiger partial charge < -0.3 is 0 Å². The summed E-state index contributed by atoms with van der Waals surface area (Å²) in [7, 11) is 0. The van der Waals surface area contributed by atoms with Gasteiger partial charge in [0.2, 0.25) is 0 Å². The molecule has 0 unspecified atom stereocenters. The lowest BCUT2D eigenvalue weighted by atomic mass is 9.86. The van der Waals surface area contributed by atoms with Crippen molar-refractivity contribution in [1.29, 1.82) is 0 Å². The first kappa shape index (κ1) is 11.4. The van der Waals surface area contributed by atoms with Crippen molar-refractivity contribution in [2.45, 2.75) is 39.5 Å². The molecule has 0 bridgehead atoms. The van der Waals surface area contributed by atoms with Crippen LogP contribution in [0.5, 0.6) is 0 Å². The third-order valence-electron chi connectivity index (χ3n) is 3.78. The Bertz CT molecular complexity index is 378. The van der Waals surface area contributed by atoms with Gasteiger partial charge >= 0.3 is 0 Å². The lowest BCUT2D eigenvalue weighted by Crippen LogP contribution is -2.14. The van der Waals surface area contributed by atoms with E-state index in [1.807, 2.05) is 6.07 Å². The molecule has 1 aliphatic carbocycles. The number of Topliss-reactive ketones (excluding diaryl/α,β-unsaturated/α-hetero) is 1. The molecule has 1 nitrogen and oxygen atoms in total. The van der Waals surface area contributed by atoms with Gasteiger partial charge in [-0.1, -0.05) is 44.2 Å². The average Bonchev–Trinajstić information content (AvgIpc) is 2.56. The van der Waals surface area contributed by atoms with Gasteiger partial charge in [0.1, 0.15) is 5.78 Å². The molecule has 16 heavy (non-hydrogen) atoms. The molecule has 0 saturated heterocycles. The smallest absolute Gasteiger partial charge is 0.133 e. The van der Waals surface area contributed by atoms with Gasteiger partial charge in [0.05, 0.1) is 0 Å². The molecule has 0 amide bonds. The number of hydrogen-bond acceptors (Lipinski definition) is 1. The maximum absolute atomic E-state index is 11.7. The molecular formula is C15H20O. The Morgan fingerprint density at radius 3 is 2.38 bits per heavy atom. The van der Waals surface area contributed by atoms with E-state index in [-0.39, 0.29) is 5.92 Å². The van der Waals surface area contributed by atoms with Gasteiger partial charge in [0.25, 0.3) is 0 Å². The van der Waals surface area contributed by atoms with Gasteiger partial charge in [-0.2, -0.15) is 0 Å². The van der Waals surface area contributed by atoms with E-state index in [1.54, 1.807) is 6.92 Å². The molecule has 0 aromatic heterocycles. The number of ketones is 1. The summed E-state index contributed by atoms with van der Waals surface area (Å²) in [5.74, 6) is 0.991. The molecule has 1 heteroatoms. The number of benzene rings is 1. The van der Waals surface area contributed by atoms with Crippen molar-refractivity contribution in [3.63, 3.8) is 0 Å². The van der Waals surface area contributed by atoms with Crippen molar-refractivity contribution in [2.75, 3.05) is 0 Å². The van der Waals surface area contributed by atoms with Gasteiger partial charge in [0.15, 0.2) is 0 Å². The van der Waals surface area contributed by atoms with Crippen LogP contribution in [0.15, 0.2) is 30.3 Å². The Morgan fingerprint density at radius 2 is 1.81 bits per heavy atom. The first-order valence-corrected chi connectivity index (χ1v) is 6.05. The fraction of sp³-hybridized carbons (Fsp3) is 0.533. The summed E-state index contributed by atoms with van der Waals surface area (Å²) in [6.45, 7) is 6.28. The maximum atomic E-state index is 11.7. The van der Waals surface area contributed by atoms with E-state index >= 15 is 0 Å². The van der Waals surface area contributed by atoms with Crippen molar-refractivity contribution >= 4 is 5.78 Å². The normalized spacial score (nSPS) is 27.9. The third-order valence-corrected chi connectivity index (χ3v) is 3.78. The van der Waals surface area contributed by atoms with Gasteiger partial charge in [-0.25, -0.2) is 0 Å². The van der Waals surface area contributed by atoms with Crippen LogP contribution in [0.3, 0.4) is 0 Å². The molecule has 2 atom stereocenters. The van der Waals surface area contributed by atoms with Crippen LogP contribution >= 0.6 is 0 Å². The van der Waals surface area contributed by atoms with E-state index in [2.05, 4.69) is 38.1 Å². The highest BCUT2D eigenvalue weighted by Gasteiger charge is 2.41. The van der Waals surface area contributed by atoms with Crippen LogP contribution in [0, 0.1) is 11.3 Å². The quantitative estimate of drug-likeness (QED) is 0.735. The third kappa shape index (κ3) is 2.18. The highest BCUT2D eigenvalue weighted by molar-refractivity contribution is 5.80. The van der Waals surface area contributed by atoms with E-state index in [4.69, 9.17) is 0 Å². The molecule has 0 heterocycles. The minimum Gasteiger partial charge on any atom is -0.300 e. The van der Waals surface area contributed by atoms with Crippen LogP contribution in [-0.2, 0) is 4.79 Å². The van der Waals surface area contributed by atoms with Crippen LogP contribution in [0.25, 0.3) is 0 Å². The SMILES string of the molecule is CC(=O)[C@H]1CC(C)(C)C[C@@H]1c1ccccc1. The second-order valence-electron chi connectivity index (χ2n) is 5.81. The molecule has 0 N–H and O–H groups in total. The fourth-order valence-electron chi connectivity index (χ4n) is 3.04. The van der Waals surface area contributed by atoms with Crippen molar-refractivity contribution in [3.05, 3.63) is 35.9 Å². The summed E-state index contributed by atoms with van der Waals surface area (Å²) in [6, 6.07) is 10.5. The summed E-state index contributed by atoms with van der Waals surface area (Å²) in [4.78, 5) is 11.7. The molecule has 2 rings (SSSR count). The molecule has 0 aliphatic heterocycles. The molecule has 86 valence electrons. The highest BCUT2D eigenvalue weighted by Crippen LogP contribution is 2.50. The number of carbonyl (C=O) groups excluding carboxylic acids is 1. The van der Waals surface area contributed by atoms with E-state index in [1.165, 1.54) is 5.56 Å². The fourth-order valence-corrected chi connectivity index (χ4v) is 3.04. The number of hydrogen-bond donors (Lipinski definition) is 0. The van der Waals surface area contributed by atoms with Gasteiger partial charge in [-0.15, -0.1) is 0 Å². The molecular weight excluding hydrogens is 196 g/mol. The standard InChI is InChI=1S/C15H20O/c1-11(16)13-9-15(2,3)10-14(13)12-7-5-4-6-8-12/h4-8,13-14H,9-10H2,1-3H3/t13-,14-/m1/s1. The molecule has 0 radical (unpaired) electrons. The minimum absolute atomic E-state index is 0.220. The van der Waals surface area contributed by atoms with Gasteiger partial charge in [-0.3, -0.25) is 4.79 Å². The maximum Gasteiger partial charge on any atom is 0.133 e. The molecule has 1 aliphatic rings. The monoisotopic (exact) mass is 216 g/mol. The Morgan fingerprint density at radius 1 is 1.19 bits per heavy atom. The van der Waals surface area contributed by atoms with Gasteiger partial charge in [0, 0.05) is 5.92 Å². The van der Waals surface area contributed by atoms with Crippen molar-refractivity contribution in [3.8, 4) is 0 Å². The molecule has 1 aromatic rings. The van der Waals surface area contributed by atoms with Gasteiger partial charge in [-0.05, 0) is 36.7 Å². The van der Waals surface area contributed by atoms with Crippen LogP contribution < -0.4 is 0 Å². The largest absolute Gasteiger partial charge is 0.300 e. The predicted molar refractivity (Wildman–Crippen MR) is 66.4 cm³/mol. The average molecular weight is 216 g/mol. The second kappa shape index (κ2) is 4.04. The first-order chi connectivity index (χ1) is 7.49. The molecule has 1 aromatic carbocycles. The van der Waals surface area contributed by atoms with E-state index in [9.17, 15) is 4.79 Å². The Kier molecular flexibility index (Phi) is 2.88. The Balaban J connectivity index is 2.29. The van der Waals surface area contributed by atoms with Crippen molar-refractivity contribution < 1.29 is 4.79 Å². The van der Waals surface area contributed by atoms with E-state index in [0.29, 0.717) is 17.1 Å². The van der Waals surface area contributed by atoms with E-state index in [0.717, 1.165) is 12.8 Å². The summed E-state index contributed by atoms with van der Waals surface area (Å²) in [5, 5.41) is 0. The van der Waals surface area contributed by atoms with Crippen molar-refractivity contribution in [2.24, 2.45) is 11.3 Å². The zero-order chi connectivity index (χ0) is 11.8. The highest BCUT2D eigenvalue weighted by atomic mass is 16.1. The number of rotatable bonds is 2. The lowest BCUT2D eigenvalue weighted by molar-refractivity contribution is -0.121. The van der Waals surface area contributed by atoms with Crippen molar-refractivity contribution in [1.82, 2.24) is 0 Å². The Labute approximate surface area is 97.9 Å². The number of carbonyl (C=O) groups is 1. The Hall–Kier alpha value is -1.11. The molecule has 1 saturated carbocycles. The zero-order valence-corrected chi connectivity index (χ0v) is 10.4. The summed E-state index contributed by atoms with van der Waals surface area (Å²) >= 11 is 0. The van der Waals surface area contributed by atoms with Crippen LogP contribution in [-0.4, -0.2) is 5.78 Å². The zero-order valence-electron chi connectivity index (χ0n) is 10.4. The first-order valence-electron chi connectivity index (χ1n) is 6.05. The van der Waals surface area contributed by atoms with E-state index < -0.39 is 0 Å². The lowest BCUT2D eigenvalue weighted by Gasteiger charge is -2.17. The van der Waals surface area contributed by atoms with Crippen LogP contribution in [0.4, 0.5) is 0 Å². The minimum atomic E-state index is 0.220. The second-order valence-corrected chi connectivity index (χ2v) is 5.81. The molecule has 1 fully saturated rings. The summed E-state index contributed by atoms with van der Waals surface area (Å²) < 4.78 is 0. The van der Waals surface area contributed by atoms with Crippen LogP contribution in [0.1, 0.15) is 45.1 Å².